The van der Waals surface area contributed by atoms with Crippen molar-refractivity contribution in [1.29, 1.82) is 0 Å². The van der Waals surface area contributed by atoms with E-state index in [1.165, 1.54) is 16.9 Å². The molecule has 0 spiro atoms. The maximum absolute atomic E-state index is 12.8. The molecule has 0 radical (unpaired) electrons. The van der Waals surface area contributed by atoms with Crippen LogP contribution in [0.25, 0.3) is 10.6 Å². The third-order valence-electron chi connectivity index (χ3n) is 6.29. The van der Waals surface area contributed by atoms with E-state index in [2.05, 4.69) is 38.7 Å². The number of aromatic nitrogens is 2. The molecule has 2 aromatic carbocycles. The Morgan fingerprint density at radius 3 is 2.76 bits per heavy atom. The average molecular weight is 530 g/mol. The highest BCUT2D eigenvalue weighted by molar-refractivity contribution is 7.17. The summed E-state index contributed by atoms with van der Waals surface area (Å²) in [5.74, 6) is 1.03. The number of carbonyl (C=O) groups is 1. The van der Waals surface area contributed by atoms with Crippen LogP contribution >= 0.6 is 11.3 Å². The van der Waals surface area contributed by atoms with Crippen molar-refractivity contribution in [3.05, 3.63) is 83.4 Å². The second-order valence-corrected chi connectivity index (χ2v) is 10.1. The van der Waals surface area contributed by atoms with Crippen LogP contribution in [0.2, 0.25) is 0 Å². The number of benzene rings is 2. The molecule has 196 valence electrons. The van der Waals surface area contributed by atoms with Gasteiger partial charge in [0.25, 0.3) is 5.91 Å². The molecule has 1 saturated heterocycles. The van der Waals surface area contributed by atoms with Gasteiger partial charge in [0.1, 0.15) is 5.75 Å². The lowest BCUT2D eigenvalue weighted by atomic mass is 10.1. The quantitative estimate of drug-likeness (QED) is 0.281. The summed E-state index contributed by atoms with van der Waals surface area (Å²) in [5, 5.41) is 6.25. The fraction of sp³-hybridized carbons (Fsp3) is 0.276. The third-order valence-corrected chi connectivity index (χ3v) is 7.40. The molecule has 3 heterocycles. The number of amides is 1. The van der Waals surface area contributed by atoms with Crippen molar-refractivity contribution in [3.63, 3.8) is 0 Å². The smallest absolute Gasteiger partial charge is 0.265 e. The standard InChI is InChI=1S/C29H31N5O3S/c1-36-24-9-3-8-23(20-24)31-28(35)27-11-10-26(38-27)25-12-13-30-29(33-25)32-22-7-2-5-21(19-22)6-4-14-34-15-17-37-18-16-34/h2-3,5,7-13,19-20H,4,6,14-18H2,1H3,(H,31,35)(H,30,32,33). The summed E-state index contributed by atoms with van der Waals surface area (Å²) in [6.07, 6.45) is 3.86. The second kappa shape index (κ2) is 12.6. The molecule has 2 N–H and O–H groups in total. The molecular formula is C29H31N5O3S. The maximum Gasteiger partial charge on any atom is 0.265 e. The molecule has 2 aromatic heterocycles. The lowest BCUT2D eigenvalue weighted by molar-refractivity contribution is 0.0375. The summed E-state index contributed by atoms with van der Waals surface area (Å²) in [4.78, 5) is 25.8. The first-order valence-corrected chi connectivity index (χ1v) is 13.5. The van der Waals surface area contributed by atoms with Crippen LogP contribution in [0, 0.1) is 0 Å². The summed E-state index contributed by atoms with van der Waals surface area (Å²) in [7, 11) is 1.60. The zero-order chi connectivity index (χ0) is 26.2. The van der Waals surface area contributed by atoms with Gasteiger partial charge >= 0.3 is 0 Å². The summed E-state index contributed by atoms with van der Waals surface area (Å²) >= 11 is 1.39. The number of thiophene rings is 1. The minimum absolute atomic E-state index is 0.174. The number of anilines is 3. The highest BCUT2D eigenvalue weighted by atomic mass is 32.1. The van der Waals surface area contributed by atoms with Gasteiger partial charge in [0.05, 0.1) is 35.8 Å². The van der Waals surface area contributed by atoms with Gasteiger partial charge in [0.2, 0.25) is 5.95 Å². The molecule has 0 aliphatic carbocycles. The Hall–Kier alpha value is -3.79. The van der Waals surface area contributed by atoms with Crippen LogP contribution in [0.1, 0.15) is 21.7 Å². The molecule has 1 amide bonds. The number of nitrogens with zero attached hydrogens (tertiary/aromatic N) is 3. The third kappa shape index (κ3) is 6.95. The van der Waals surface area contributed by atoms with Gasteiger partial charge in [-0.15, -0.1) is 11.3 Å². The largest absolute Gasteiger partial charge is 0.497 e. The predicted molar refractivity (Wildman–Crippen MR) is 152 cm³/mol. The fourth-order valence-electron chi connectivity index (χ4n) is 4.31. The Balaban J connectivity index is 1.20. The van der Waals surface area contributed by atoms with Crippen molar-refractivity contribution in [2.45, 2.75) is 12.8 Å². The van der Waals surface area contributed by atoms with Crippen molar-refractivity contribution in [3.8, 4) is 16.3 Å². The number of hydrogen-bond acceptors (Lipinski definition) is 8. The van der Waals surface area contributed by atoms with Crippen LogP contribution in [0.4, 0.5) is 17.3 Å². The normalized spacial score (nSPS) is 13.7. The van der Waals surface area contributed by atoms with Gasteiger partial charge < -0.3 is 20.1 Å². The topological polar surface area (TPSA) is 88.6 Å². The minimum atomic E-state index is -0.174. The average Bonchev–Trinajstić information content (AvgIpc) is 3.45. The number of ether oxygens (including phenoxy) is 2. The van der Waals surface area contributed by atoms with Gasteiger partial charge in [-0.25, -0.2) is 9.97 Å². The first-order chi connectivity index (χ1) is 18.7. The summed E-state index contributed by atoms with van der Waals surface area (Å²) < 4.78 is 10.7. The van der Waals surface area contributed by atoms with Crippen molar-refractivity contribution in [2.75, 3.05) is 50.6 Å². The lowest BCUT2D eigenvalue weighted by Gasteiger charge is -2.26. The molecule has 9 heteroatoms. The fourth-order valence-corrected chi connectivity index (χ4v) is 5.18. The van der Waals surface area contributed by atoms with E-state index in [9.17, 15) is 4.79 Å². The van der Waals surface area contributed by atoms with Gasteiger partial charge in [-0.2, -0.15) is 0 Å². The molecule has 1 aliphatic heterocycles. The zero-order valence-electron chi connectivity index (χ0n) is 21.4. The van der Waals surface area contributed by atoms with Crippen LogP contribution < -0.4 is 15.4 Å². The van der Waals surface area contributed by atoms with E-state index >= 15 is 0 Å². The van der Waals surface area contributed by atoms with Crippen LogP contribution in [0.5, 0.6) is 5.75 Å². The molecule has 38 heavy (non-hydrogen) atoms. The molecule has 8 nitrogen and oxygen atoms in total. The number of hydrogen-bond donors (Lipinski definition) is 2. The Kier molecular flexibility index (Phi) is 8.60. The Labute approximate surface area is 226 Å². The van der Waals surface area contributed by atoms with E-state index in [-0.39, 0.29) is 5.91 Å². The number of carbonyl (C=O) groups excluding carboxylic acids is 1. The van der Waals surface area contributed by atoms with Crippen LogP contribution in [0.3, 0.4) is 0 Å². The highest BCUT2D eigenvalue weighted by Crippen LogP contribution is 2.28. The highest BCUT2D eigenvalue weighted by Gasteiger charge is 2.13. The number of methoxy groups -OCH3 is 1. The van der Waals surface area contributed by atoms with Crippen molar-refractivity contribution < 1.29 is 14.3 Å². The monoisotopic (exact) mass is 529 g/mol. The Morgan fingerprint density at radius 1 is 1.05 bits per heavy atom. The van der Waals surface area contributed by atoms with Crippen molar-refractivity contribution >= 4 is 34.6 Å². The molecule has 4 aromatic rings. The van der Waals surface area contributed by atoms with Gasteiger partial charge in [0.15, 0.2) is 0 Å². The van der Waals surface area contributed by atoms with E-state index in [0.29, 0.717) is 22.3 Å². The number of morpholine rings is 1. The molecule has 0 saturated carbocycles. The molecule has 1 fully saturated rings. The van der Waals surface area contributed by atoms with Gasteiger partial charge in [-0.3, -0.25) is 9.69 Å². The van der Waals surface area contributed by atoms with Crippen molar-refractivity contribution in [1.82, 2.24) is 14.9 Å². The summed E-state index contributed by atoms with van der Waals surface area (Å²) in [5.41, 5.74) is 3.68. The van der Waals surface area contributed by atoms with Crippen LogP contribution in [-0.4, -0.2) is 60.7 Å². The van der Waals surface area contributed by atoms with E-state index < -0.39 is 0 Å². The molecular weight excluding hydrogens is 498 g/mol. The SMILES string of the molecule is COc1cccc(NC(=O)c2ccc(-c3ccnc(Nc4cccc(CCCN5CCOCC5)c4)n3)s2)c1. The van der Waals surface area contributed by atoms with Gasteiger partial charge in [-0.1, -0.05) is 18.2 Å². The van der Waals surface area contributed by atoms with E-state index in [4.69, 9.17) is 14.5 Å². The van der Waals surface area contributed by atoms with E-state index in [1.54, 1.807) is 19.4 Å². The number of nitrogens with one attached hydrogen (secondary N) is 2. The molecule has 1 aliphatic rings. The van der Waals surface area contributed by atoms with Crippen molar-refractivity contribution in [2.24, 2.45) is 0 Å². The number of rotatable bonds is 10. The predicted octanol–water partition coefficient (Wildman–Crippen LogP) is 5.47. The molecule has 0 unspecified atom stereocenters. The lowest BCUT2D eigenvalue weighted by Crippen LogP contribution is -2.36. The molecule has 0 bridgehead atoms. The minimum Gasteiger partial charge on any atom is -0.497 e. The molecule has 5 rings (SSSR count). The Morgan fingerprint density at radius 2 is 1.89 bits per heavy atom. The van der Waals surface area contributed by atoms with E-state index in [0.717, 1.165) is 61.9 Å². The second-order valence-electron chi connectivity index (χ2n) is 9.00. The maximum atomic E-state index is 12.8. The number of aryl methyl sites for hydroxylation is 1. The van der Waals surface area contributed by atoms with Gasteiger partial charge in [0, 0.05) is 36.7 Å². The van der Waals surface area contributed by atoms with Gasteiger partial charge in [-0.05, 0) is 67.4 Å². The van der Waals surface area contributed by atoms with Crippen LogP contribution in [-0.2, 0) is 11.2 Å². The zero-order valence-corrected chi connectivity index (χ0v) is 22.2. The summed E-state index contributed by atoms with van der Waals surface area (Å²) in [6, 6.07) is 21.3. The first kappa shape index (κ1) is 25.8. The van der Waals surface area contributed by atoms with Crippen LogP contribution in [0.15, 0.2) is 72.9 Å². The Bertz CT molecular complexity index is 1370. The first-order valence-electron chi connectivity index (χ1n) is 12.7. The van der Waals surface area contributed by atoms with E-state index in [1.807, 2.05) is 42.5 Å². The summed E-state index contributed by atoms with van der Waals surface area (Å²) in [6.45, 7) is 4.80. The molecule has 0 atom stereocenters.